The maximum atomic E-state index is 13.1. The lowest BCUT2D eigenvalue weighted by Gasteiger charge is -2.17. The minimum Gasteiger partial charge on any atom is -0.466 e. The predicted octanol–water partition coefficient (Wildman–Crippen LogP) is 2.34. The molecule has 2 rings (SSSR count). The van der Waals surface area contributed by atoms with Crippen LogP contribution in [0, 0.1) is 0 Å². The fourth-order valence-corrected chi connectivity index (χ4v) is 2.16. The molecule has 3 nitrogen and oxygen atoms in total. The van der Waals surface area contributed by atoms with Crippen molar-refractivity contribution in [3.63, 3.8) is 0 Å². The molecule has 98 valence electrons. The Morgan fingerprint density at radius 2 is 2.17 bits per heavy atom. The Balaban J connectivity index is 1.95. The lowest BCUT2D eigenvalue weighted by atomic mass is 10.1. The molecular formula is C14H18FNO2. The van der Waals surface area contributed by atoms with E-state index in [-0.39, 0.29) is 5.97 Å². The molecule has 1 aliphatic heterocycles. The van der Waals surface area contributed by atoms with Crippen LogP contribution in [0.15, 0.2) is 24.3 Å². The van der Waals surface area contributed by atoms with Crippen molar-refractivity contribution in [2.75, 3.05) is 24.6 Å². The van der Waals surface area contributed by atoms with E-state index in [4.69, 9.17) is 4.74 Å². The van der Waals surface area contributed by atoms with Crippen LogP contribution in [-0.4, -0.2) is 31.8 Å². The molecule has 0 saturated carbocycles. The molecule has 0 aromatic heterocycles. The molecule has 1 aromatic rings. The third-order valence-corrected chi connectivity index (χ3v) is 3.09. The van der Waals surface area contributed by atoms with Gasteiger partial charge in [0, 0.05) is 18.8 Å². The van der Waals surface area contributed by atoms with Crippen LogP contribution in [-0.2, 0) is 16.0 Å². The third kappa shape index (κ3) is 3.22. The maximum Gasteiger partial charge on any atom is 0.310 e. The Morgan fingerprint density at radius 3 is 2.72 bits per heavy atom. The summed E-state index contributed by atoms with van der Waals surface area (Å²) in [6, 6.07) is 7.68. The Bertz CT molecular complexity index is 405. The van der Waals surface area contributed by atoms with Gasteiger partial charge in [-0.1, -0.05) is 12.1 Å². The summed E-state index contributed by atoms with van der Waals surface area (Å²) < 4.78 is 18.0. The second-order valence-corrected chi connectivity index (χ2v) is 4.48. The van der Waals surface area contributed by atoms with Crippen molar-refractivity contribution in [2.45, 2.75) is 25.9 Å². The smallest absolute Gasteiger partial charge is 0.310 e. The van der Waals surface area contributed by atoms with E-state index in [9.17, 15) is 9.18 Å². The van der Waals surface area contributed by atoms with Crippen LogP contribution in [0.5, 0.6) is 0 Å². The predicted molar refractivity (Wildman–Crippen MR) is 68.5 cm³/mol. The highest BCUT2D eigenvalue weighted by molar-refractivity contribution is 5.72. The molecule has 18 heavy (non-hydrogen) atoms. The number of ether oxygens (including phenoxy) is 1. The van der Waals surface area contributed by atoms with Crippen molar-refractivity contribution in [2.24, 2.45) is 0 Å². The van der Waals surface area contributed by atoms with Crippen LogP contribution in [0.4, 0.5) is 10.1 Å². The molecule has 0 amide bonds. The summed E-state index contributed by atoms with van der Waals surface area (Å²) in [6.45, 7) is 3.43. The highest BCUT2D eigenvalue weighted by Crippen LogP contribution is 2.22. The minimum atomic E-state index is -0.718. The average Bonchev–Trinajstić information content (AvgIpc) is 2.77. The second kappa shape index (κ2) is 5.85. The van der Waals surface area contributed by atoms with E-state index in [1.54, 1.807) is 6.92 Å². The fraction of sp³-hybridized carbons (Fsp3) is 0.500. The van der Waals surface area contributed by atoms with E-state index < -0.39 is 6.17 Å². The average molecular weight is 251 g/mol. The second-order valence-electron chi connectivity index (χ2n) is 4.48. The minimum absolute atomic E-state index is 0.213. The summed E-state index contributed by atoms with van der Waals surface area (Å²) in [7, 11) is 0. The highest BCUT2D eigenvalue weighted by Gasteiger charge is 2.21. The molecular weight excluding hydrogens is 233 g/mol. The van der Waals surface area contributed by atoms with E-state index in [1.165, 1.54) is 0 Å². The normalized spacial score (nSPS) is 19.0. The zero-order valence-electron chi connectivity index (χ0n) is 10.6. The lowest BCUT2D eigenvalue weighted by Crippen LogP contribution is -2.19. The van der Waals surface area contributed by atoms with Crippen molar-refractivity contribution in [1.29, 1.82) is 0 Å². The molecule has 0 N–H and O–H groups in total. The zero-order chi connectivity index (χ0) is 13.0. The van der Waals surface area contributed by atoms with Crippen LogP contribution < -0.4 is 4.90 Å². The standard InChI is InChI=1S/C14H18FNO2/c1-2-18-14(17)9-11-3-5-13(6-4-11)16-8-7-12(15)10-16/h3-6,12H,2,7-10H2,1H3. The van der Waals surface area contributed by atoms with Crippen molar-refractivity contribution in [1.82, 2.24) is 0 Å². The first-order valence-electron chi connectivity index (χ1n) is 6.32. The topological polar surface area (TPSA) is 29.5 Å². The first-order chi connectivity index (χ1) is 8.69. The van der Waals surface area contributed by atoms with E-state index in [0.717, 1.165) is 17.8 Å². The first kappa shape index (κ1) is 12.9. The summed E-state index contributed by atoms with van der Waals surface area (Å²) in [5.74, 6) is -0.213. The number of halogens is 1. The van der Waals surface area contributed by atoms with Gasteiger partial charge in [0.2, 0.25) is 0 Å². The van der Waals surface area contributed by atoms with Crippen LogP contribution in [0.1, 0.15) is 18.9 Å². The van der Waals surface area contributed by atoms with Gasteiger partial charge in [-0.15, -0.1) is 0 Å². The Labute approximate surface area is 107 Å². The number of hydrogen-bond donors (Lipinski definition) is 0. The molecule has 1 fully saturated rings. The van der Waals surface area contributed by atoms with Gasteiger partial charge in [0.15, 0.2) is 0 Å². The molecule has 0 aliphatic carbocycles. The number of rotatable bonds is 4. The van der Waals surface area contributed by atoms with Gasteiger partial charge < -0.3 is 9.64 Å². The van der Waals surface area contributed by atoms with E-state index in [2.05, 4.69) is 0 Å². The number of hydrogen-bond acceptors (Lipinski definition) is 3. The third-order valence-electron chi connectivity index (χ3n) is 3.09. The van der Waals surface area contributed by atoms with Gasteiger partial charge in [0.1, 0.15) is 6.17 Å². The number of benzene rings is 1. The number of carbonyl (C=O) groups is 1. The van der Waals surface area contributed by atoms with Gasteiger partial charge in [-0.3, -0.25) is 4.79 Å². The molecule has 0 spiro atoms. The summed E-state index contributed by atoms with van der Waals surface area (Å²) >= 11 is 0. The molecule has 0 radical (unpaired) electrons. The van der Waals surface area contributed by atoms with E-state index in [1.807, 2.05) is 29.2 Å². The highest BCUT2D eigenvalue weighted by atomic mass is 19.1. The molecule has 1 unspecified atom stereocenters. The molecule has 1 aromatic carbocycles. The van der Waals surface area contributed by atoms with Gasteiger partial charge in [0.25, 0.3) is 0 Å². The Morgan fingerprint density at radius 1 is 1.44 bits per heavy atom. The van der Waals surface area contributed by atoms with Gasteiger partial charge in [-0.25, -0.2) is 4.39 Å². The number of carbonyl (C=O) groups excluding carboxylic acids is 1. The van der Waals surface area contributed by atoms with Gasteiger partial charge in [0.05, 0.1) is 13.0 Å². The first-order valence-corrected chi connectivity index (χ1v) is 6.32. The molecule has 1 aliphatic rings. The van der Waals surface area contributed by atoms with E-state index in [0.29, 0.717) is 26.0 Å². The quantitative estimate of drug-likeness (QED) is 0.769. The Hall–Kier alpha value is -1.58. The van der Waals surface area contributed by atoms with Crippen molar-refractivity contribution in [3.05, 3.63) is 29.8 Å². The zero-order valence-corrected chi connectivity index (χ0v) is 10.6. The SMILES string of the molecule is CCOC(=O)Cc1ccc(N2CCC(F)C2)cc1. The number of alkyl halides is 1. The van der Waals surface area contributed by atoms with Crippen molar-refractivity contribution in [3.8, 4) is 0 Å². The number of nitrogens with zero attached hydrogens (tertiary/aromatic N) is 1. The Kier molecular flexibility index (Phi) is 4.18. The van der Waals surface area contributed by atoms with E-state index >= 15 is 0 Å². The summed E-state index contributed by atoms with van der Waals surface area (Å²) in [5.41, 5.74) is 1.94. The van der Waals surface area contributed by atoms with Gasteiger partial charge in [-0.2, -0.15) is 0 Å². The van der Waals surface area contributed by atoms with Crippen molar-refractivity contribution < 1.29 is 13.9 Å². The molecule has 4 heteroatoms. The lowest BCUT2D eigenvalue weighted by molar-refractivity contribution is -0.142. The summed E-state index contributed by atoms with van der Waals surface area (Å²) in [5, 5.41) is 0. The number of esters is 1. The fourth-order valence-electron chi connectivity index (χ4n) is 2.16. The monoisotopic (exact) mass is 251 g/mol. The summed E-state index contributed by atoms with van der Waals surface area (Å²) in [6.07, 6.45) is 0.175. The van der Waals surface area contributed by atoms with Gasteiger partial charge in [-0.05, 0) is 31.0 Å². The molecule has 1 atom stereocenters. The molecule has 0 bridgehead atoms. The summed E-state index contributed by atoms with van der Waals surface area (Å²) in [4.78, 5) is 13.3. The van der Waals surface area contributed by atoms with Crippen LogP contribution in [0.2, 0.25) is 0 Å². The molecule has 1 heterocycles. The van der Waals surface area contributed by atoms with Crippen molar-refractivity contribution >= 4 is 11.7 Å². The van der Waals surface area contributed by atoms with Crippen LogP contribution in [0.25, 0.3) is 0 Å². The largest absolute Gasteiger partial charge is 0.466 e. The van der Waals surface area contributed by atoms with Gasteiger partial charge >= 0.3 is 5.97 Å². The molecule has 1 saturated heterocycles. The maximum absolute atomic E-state index is 13.1. The number of anilines is 1. The van der Waals surface area contributed by atoms with Crippen LogP contribution >= 0.6 is 0 Å². The van der Waals surface area contributed by atoms with Crippen LogP contribution in [0.3, 0.4) is 0 Å².